The molecule has 126 valence electrons. The normalized spacial score (nSPS) is 15.9. The summed E-state index contributed by atoms with van der Waals surface area (Å²) in [7, 11) is 1.43. The van der Waals surface area contributed by atoms with E-state index in [9.17, 15) is 19.5 Å². The van der Waals surface area contributed by atoms with Crippen LogP contribution >= 0.6 is 11.8 Å². The predicted octanol–water partition coefficient (Wildman–Crippen LogP) is 3.42. The molecule has 0 bridgehead atoms. The molecule has 0 saturated carbocycles. The van der Waals surface area contributed by atoms with Gasteiger partial charge in [-0.25, -0.2) is 4.79 Å². The van der Waals surface area contributed by atoms with Crippen LogP contribution in [0.1, 0.15) is 15.9 Å². The highest BCUT2D eigenvalue weighted by molar-refractivity contribution is 8.18. The molecule has 0 unspecified atom stereocenters. The molecule has 0 radical (unpaired) electrons. The molecule has 6 nitrogen and oxygen atoms in total. The summed E-state index contributed by atoms with van der Waals surface area (Å²) >= 11 is 0.874. The number of aromatic carboxylic acids is 1. The fourth-order valence-electron chi connectivity index (χ4n) is 2.39. The first kappa shape index (κ1) is 16.8. The summed E-state index contributed by atoms with van der Waals surface area (Å²) in [5, 5.41) is 18.4. The number of imide groups is 1. The number of thioether (sulfide) groups is 1. The molecule has 7 heteroatoms. The average Bonchev–Trinajstić information content (AvgIpc) is 2.82. The maximum Gasteiger partial charge on any atom is 0.339 e. The molecule has 0 aromatic heterocycles. The Bertz CT molecular complexity index is 935. The van der Waals surface area contributed by atoms with Crippen LogP contribution in [0.3, 0.4) is 0 Å². The van der Waals surface area contributed by atoms with Crippen molar-refractivity contribution in [2.24, 2.45) is 0 Å². The van der Waals surface area contributed by atoms with Crippen LogP contribution in [0.4, 0.5) is 4.79 Å². The lowest BCUT2D eigenvalue weighted by Crippen LogP contribution is -2.22. The second kappa shape index (κ2) is 6.45. The molecule has 0 atom stereocenters. The number of phenols is 1. The van der Waals surface area contributed by atoms with Crippen molar-refractivity contribution in [3.8, 4) is 16.9 Å². The number of carboxylic acid groups (broad SMARTS) is 1. The van der Waals surface area contributed by atoms with Crippen LogP contribution in [0.15, 0.2) is 47.4 Å². The Morgan fingerprint density at radius 3 is 2.48 bits per heavy atom. The van der Waals surface area contributed by atoms with Crippen molar-refractivity contribution in [2.75, 3.05) is 7.05 Å². The number of nitrogens with zero attached hydrogens (tertiary/aromatic N) is 1. The molecule has 25 heavy (non-hydrogen) atoms. The molecule has 1 aliphatic heterocycles. The quantitative estimate of drug-likeness (QED) is 0.819. The van der Waals surface area contributed by atoms with Crippen molar-refractivity contribution in [3.63, 3.8) is 0 Å². The molecule has 1 fully saturated rings. The topological polar surface area (TPSA) is 94.9 Å². The van der Waals surface area contributed by atoms with E-state index < -0.39 is 5.97 Å². The number of benzene rings is 2. The smallest absolute Gasteiger partial charge is 0.339 e. The number of carboxylic acids is 1. The van der Waals surface area contributed by atoms with Gasteiger partial charge < -0.3 is 10.2 Å². The molecule has 2 aromatic carbocycles. The van der Waals surface area contributed by atoms with E-state index in [0.29, 0.717) is 16.0 Å². The van der Waals surface area contributed by atoms with Crippen molar-refractivity contribution < 1.29 is 24.6 Å². The number of hydrogen-bond acceptors (Lipinski definition) is 5. The predicted molar refractivity (Wildman–Crippen MR) is 94.2 cm³/mol. The zero-order valence-electron chi connectivity index (χ0n) is 13.1. The van der Waals surface area contributed by atoms with E-state index in [2.05, 4.69) is 0 Å². The summed E-state index contributed by atoms with van der Waals surface area (Å²) in [5.74, 6) is -1.87. The van der Waals surface area contributed by atoms with E-state index >= 15 is 0 Å². The SMILES string of the molecule is CN1C(=O)S/C(=C\c2cccc(-c3ccc(O)c(C(=O)O)c3)c2)C1=O. The van der Waals surface area contributed by atoms with Gasteiger partial charge in [0, 0.05) is 7.05 Å². The lowest BCUT2D eigenvalue weighted by molar-refractivity contribution is -0.121. The van der Waals surface area contributed by atoms with Gasteiger partial charge in [-0.3, -0.25) is 14.5 Å². The minimum Gasteiger partial charge on any atom is -0.507 e. The van der Waals surface area contributed by atoms with Gasteiger partial charge >= 0.3 is 5.97 Å². The van der Waals surface area contributed by atoms with Gasteiger partial charge in [0.1, 0.15) is 11.3 Å². The monoisotopic (exact) mass is 355 g/mol. The van der Waals surface area contributed by atoms with Gasteiger partial charge in [-0.05, 0) is 52.7 Å². The number of aromatic hydroxyl groups is 1. The van der Waals surface area contributed by atoms with Crippen LogP contribution in [0.25, 0.3) is 17.2 Å². The maximum atomic E-state index is 12.0. The summed E-state index contributed by atoms with van der Waals surface area (Å²) in [6.45, 7) is 0. The Labute approximate surface area is 147 Å². The van der Waals surface area contributed by atoms with Gasteiger partial charge in [-0.1, -0.05) is 24.3 Å². The molecule has 0 aliphatic carbocycles. The number of likely N-dealkylation sites (N-methyl/N-ethyl adjacent to an activating group) is 1. The molecule has 3 rings (SSSR count). The van der Waals surface area contributed by atoms with Crippen LogP contribution in [0.5, 0.6) is 5.75 Å². The third-order valence-corrected chi connectivity index (χ3v) is 4.69. The first-order chi connectivity index (χ1) is 11.9. The first-order valence-electron chi connectivity index (χ1n) is 7.25. The van der Waals surface area contributed by atoms with Gasteiger partial charge in [0.15, 0.2) is 0 Å². The second-order valence-electron chi connectivity index (χ2n) is 5.40. The first-order valence-corrected chi connectivity index (χ1v) is 8.07. The van der Waals surface area contributed by atoms with Crippen LogP contribution in [-0.4, -0.2) is 39.3 Å². The van der Waals surface area contributed by atoms with Crippen LogP contribution in [0, 0.1) is 0 Å². The minimum absolute atomic E-state index is 0.185. The minimum atomic E-state index is -1.22. The summed E-state index contributed by atoms with van der Waals surface area (Å²) < 4.78 is 0. The number of carbonyl (C=O) groups is 3. The highest BCUT2D eigenvalue weighted by Crippen LogP contribution is 2.32. The van der Waals surface area contributed by atoms with Gasteiger partial charge in [0.2, 0.25) is 0 Å². The van der Waals surface area contributed by atoms with Gasteiger partial charge in [0.05, 0.1) is 4.91 Å². The van der Waals surface area contributed by atoms with Crippen molar-refractivity contribution in [2.45, 2.75) is 0 Å². The molecule has 0 spiro atoms. The highest BCUT2D eigenvalue weighted by atomic mass is 32.2. The maximum absolute atomic E-state index is 12.0. The van der Waals surface area contributed by atoms with E-state index in [1.807, 2.05) is 0 Å². The zero-order valence-corrected chi connectivity index (χ0v) is 13.9. The standard InChI is InChI=1S/C18H13NO5S/c1-19-16(21)15(25-18(19)24)8-10-3-2-4-11(7-10)12-5-6-14(20)13(9-12)17(22)23/h2-9,20H,1H3,(H,22,23)/b15-8-. The number of carbonyl (C=O) groups excluding carboxylic acids is 2. The Hall–Kier alpha value is -3.06. The third kappa shape index (κ3) is 3.27. The van der Waals surface area contributed by atoms with Crippen molar-refractivity contribution in [3.05, 3.63) is 58.5 Å². The van der Waals surface area contributed by atoms with Gasteiger partial charge in [-0.15, -0.1) is 0 Å². The van der Waals surface area contributed by atoms with Gasteiger partial charge in [0.25, 0.3) is 11.1 Å². The Morgan fingerprint density at radius 2 is 1.84 bits per heavy atom. The molecule has 2 N–H and O–H groups in total. The fourth-order valence-corrected chi connectivity index (χ4v) is 3.22. The van der Waals surface area contributed by atoms with Crippen LogP contribution in [-0.2, 0) is 4.79 Å². The lowest BCUT2D eigenvalue weighted by atomic mass is 10.0. The summed E-state index contributed by atoms with van der Waals surface area (Å²) in [4.78, 5) is 36.1. The van der Waals surface area contributed by atoms with E-state index in [0.717, 1.165) is 22.2 Å². The summed E-state index contributed by atoms with van der Waals surface area (Å²) in [6, 6.07) is 11.4. The van der Waals surface area contributed by atoms with Crippen molar-refractivity contribution in [1.82, 2.24) is 4.90 Å². The molecule has 2 amide bonds. The van der Waals surface area contributed by atoms with E-state index in [1.165, 1.54) is 19.2 Å². The van der Waals surface area contributed by atoms with E-state index in [-0.39, 0.29) is 22.5 Å². The summed E-state index contributed by atoms with van der Waals surface area (Å²) in [6.07, 6.45) is 1.62. The molecule has 1 saturated heterocycles. The van der Waals surface area contributed by atoms with E-state index in [1.54, 1.807) is 36.4 Å². The van der Waals surface area contributed by atoms with Gasteiger partial charge in [-0.2, -0.15) is 0 Å². The fraction of sp³-hybridized carbons (Fsp3) is 0.0556. The molecular formula is C18H13NO5S. The molecule has 1 aliphatic rings. The molecule has 1 heterocycles. The lowest BCUT2D eigenvalue weighted by Gasteiger charge is -2.06. The largest absolute Gasteiger partial charge is 0.507 e. The molecular weight excluding hydrogens is 342 g/mol. The average molecular weight is 355 g/mol. The number of rotatable bonds is 3. The van der Waals surface area contributed by atoms with Crippen molar-refractivity contribution in [1.29, 1.82) is 0 Å². The Balaban J connectivity index is 1.98. The second-order valence-corrected chi connectivity index (χ2v) is 6.40. The van der Waals surface area contributed by atoms with E-state index in [4.69, 9.17) is 5.11 Å². The Morgan fingerprint density at radius 1 is 1.12 bits per heavy atom. The number of hydrogen-bond donors (Lipinski definition) is 2. The number of amides is 2. The Kier molecular flexibility index (Phi) is 4.33. The zero-order chi connectivity index (χ0) is 18.1. The van der Waals surface area contributed by atoms with Crippen LogP contribution in [0.2, 0.25) is 0 Å². The van der Waals surface area contributed by atoms with Crippen LogP contribution < -0.4 is 0 Å². The summed E-state index contributed by atoms with van der Waals surface area (Å²) in [5.41, 5.74) is 1.87. The highest BCUT2D eigenvalue weighted by Gasteiger charge is 2.31. The third-order valence-electron chi connectivity index (χ3n) is 3.73. The van der Waals surface area contributed by atoms with Crippen molar-refractivity contribution >= 4 is 35.0 Å². The molecule has 2 aromatic rings.